The van der Waals surface area contributed by atoms with Crippen LogP contribution in [0.5, 0.6) is 0 Å². The highest BCUT2D eigenvalue weighted by molar-refractivity contribution is 14.1. The van der Waals surface area contributed by atoms with Gasteiger partial charge in [0, 0.05) is 21.7 Å². The molecule has 1 aliphatic rings. The van der Waals surface area contributed by atoms with E-state index in [1.165, 1.54) is 25.9 Å². The Bertz CT molecular complexity index is 430. The Balaban J connectivity index is 1.88. The standard InChI is InChI=1S/C15H21IN2O/c1-2-14(18-8-3-4-9-18)11-17-15(19)12-6-5-7-13(16)10-12/h5-7,10,14H,2-4,8-9,11H2,1H3,(H,17,19). The number of hydrogen-bond acceptors (Lipinski definition) is 2. The van der Waals surface area contributed by atoms with Gasteiger partial charge >= 0.3 is 0 Å². The quantitative estimate of drug-likeness (QED) is 0.807. The van der Waals surface area contributed by atoms with E-state index in [4.69, 9.17) is 0 Å². The molecule has 0 saturated carbocycles. The first-order chi connectivity index (χ1) is 9.20. The molecule has 1 atom stereocenters. The molecule has 1 heterocycles. The number of carbonyl (C=O) groups excluding carboxylic acids is 1. The molecule has 1 unspecified atom stereocenters. The van der Waals surface area contributed by atoms with Crippen molar-refractivity contribution in [2.45, 2.75) is 32.2 Å². The highest BCUT2D eigenvalue weighted by Crippen LogP contribution is 2.14. The van der Waals surface area contributed by atoms with Crippen LogP contribution in [0.4, 0.5) is 0 Å². The Morgan fingerprint density at radius 3 is 2.79 bits per heavy atom. The number of nitrogens with zero attached hydrogens (tertiary/aromatic N) is 1. The van der Waals surface area contributed by atoms with E-state index in [2.05, 4.69) is 39.7 Å². The van der Waals surface area contributed by atoms with Crippen molar-refractivity contribution in [3.8, 4) is 0 Å². The second-order valence-electron chi connectivity index (χ2n) is 5.03. The van der Waals surface area contributed by atoms with Crippen LogP contribution in [0.15, 0.2) is 24.3 Å². The lowest BCUT2D eigenvalue weighted by Gasteiger charge is -2.26. The number of nitrogens with one attached hydrogen (secondary N) is 1. The minimum atomic E-state index is 0.0381. The Labute approximate surface area is 128 Å². The number of amides is 1. The summed E-state index contributed by atoms with van der Waals surface area (Å²) < 4.78 is 1.09. The number of hydrogen-bond donors (Lipinski definition) is 1. The van der Waals surface area contributed by atoms with Crippen LogP contribution < -0.4 is 5.32 Å². The summed E-state index contributed by atoms with van der Waals surface area (Å²) in [6.07, 6.45) is 3.68. The van der Waals surface area contributed by atoms with E-state index in [0.717, 1.165) is 22.1 Å². The van der Waals surface area contributed by atoms with Crippen molar-refractivity contribution < 1.29 is 4.79 Å². The predicted octanol–water partition coefficient (Wildman–Crippen LogP) is 2.90. The molecule has 1 saturated heterocycles. The number of rotatable bonds is 5. The molecule has 0 radical (unpaired) electrons. The molecule has 3 nitrogen and oxygen atoms in total. The normalized spacial score (nSPS) is 17.4. The van der Waals surface area contributed by atoms with Gasteiger partial charge < -0.3 is 5.32 Å². The fraction of sp³-hybridized carbons (Fsp3) is 0.533. The predicted molar refractivity (Wildman–Crippen MR) is 86.4 cm³/mol. The smallest absolute Gasteiger partial charge is 0.251 e. The lowest BCUT2D eigenvalue weighted by molar-refractivity contribution is 0.0937. The second kappa shape index (κ2) is 7.24. The summed E-state index contributed by atoms with van der Waals surface area (Å²) in [7, 11) is 0. The molecule has 0 bridgehead atoms. The molecule has 0 aromatic heterocycles. The zero-order chi connectivity index (χ0) is 13.7. The maximum atomic E-state index is 12.1. The van der Waals surface area contributed by atoms with Crippen molar-refractivity contribution in [1.29, 1.82) is 0 Å². The molecular formula is C15H21IN2O. The molecule has 0 spiro atoms. The lowest BCUT2D eigenvalue weighted by atomic mass is 10.1. The van der Waals surface area contributed by atoms with E-state index in [1.54, 1.807) is 0 Å². The van der Waals surface area contributed by atoms with Gasteiger partial charge in [0.15, 0.2) is 0 Å². The average Bonchev–Trinajstić information content (AvgIpc) is 2.93. The van der Waals surface area contributed by atoms with Crippen molar-refractivity contribution in [2.75, 3.05) is 19.6 Å². The third-order valence-electron chi connectivity index (χ3n) is 3.71. The van der Waals surface area contributed by atoms with Crippen molar-refractivity contribution >= 4 is 28.5 Å². The van der Waals surface area contributed by atoms with Gasteiger partial charge in [-0.05, 0) is 73.1 Å². The van der Waals surface area contributed by atoms with Gasteiger partial charge in [-0.3, -0.25) is 9.69 Å². The van der Waals surface area contributed by atoms with E-state index in [-0.39, 0.29) is 5.91 Å². The van der Waals surface area contributed by atoms with Crippen LogP contribution >= 0.6 is 22.6 Å². The van der Waals surface area contributed by atoms with Crippen molar-refractivity contribution in [2.24, 2.45) is 0 Å². The third-order valence-corrected chi connectivity index (χ3v) is 4.38. The maximum Gasteiger partial charge on any atom is 0.251 e. The largest absolute Gasteiger partial charge is 0.350 e. The molecule has 1 aromatic rings. The number of carbonyl (C=O) groups is 1. The van der Waals surface area contributed by atoms with E-state index >= 15 is 0 Å². The average molecular weight is 372 g/mol. The van der Waals surface area contributed by atoms with Crippen LogP contribution in [0, 0.1) is 3.57 Å². The van der Waals surface area contributed by atoms with E-state index in [1.807, 2.05) is 24.3 Å². The molecule has 104 valence electrons. The first-order valence-corrected chi connectivity index (χ1v) is 8.06. The van der Waals surface area contributed by atoms with Crippen LogP contribution in [0.1, 0.15) is 36.5 Å². The molecule has 1 aliphatic heterocycles. The Morgan fingerprint density at radius 2 is 2.16 bits per heavy atom. The van der Waals surface area contributed by atoms with Gasteiger partial charge in [-0.25, -0.2) is 0 Å². The lowest BCUT2D eigenvalue weighted by Crippen LogP contribution is -2.42. The van der Waals surface area contributed by atoms with Crippen molar-refractivity contribution in [3.63, 3.8) is 0 Å². The second-order valence-corrected chi connectivity index (χ2v) is 6.27. The zero-order valence-electron chi connectivity index (χ0n) is 11.4. The molecule has 4 heteroatoms. The van der Waals surface area contributed by atoms with Gasteiger partial charge in [0.25, 0.3) is 5.91 Å². The molecule has 1 amide bonds. The fourth-order valence-corrected chi connectivity index (χ4v) is 3.12. The van der Waals surface area contributed by atoms with E-state index in [9.17, 15) is 4.79 Å². The van der Waals surface area contributed by atoms with Gasteiger partial charge in [0.1, 0.15) is 0 Å². The summed E-state index contributed by atoms with van der Waals surface area (Å²) in [5.41, 5.74) is 0.753. The molecule has 1 aromatic carbocycles. The van der Waals surface area contributed by atoms with Gasteiger partial charge in [-0.2, -0.15) is 0 Å². The number of halogens is 1. The third kappa shape index (κ3) is 4.18. The zero-order valence-corrected chi connectivity index (χ0v) is 13.5. The van der Waals surface area contributed by atoms with Gasteiger partial charge in [0.05, 0.1) is 0 Å². The minimum Gasteiger partial charge on any atom is -0.350 e. The highest BCUT2D eigenvalue weighted by atomic mass is 127. The van der Waals surface area contributed by atoms with Gasteiger partial charge in [-0.1, -0.05) is 13.0 Å². The van der Waals surface area contributed by atoms with Crippen LogP contribution in [0.2, 0.25) is 0 Å². The SMILES string of the molecule is CCC(CNC(=O)c1cccc(I)c1)N1CCCC1. The van der Waals surface area contributed by atoms with Crippen LogP contribution in [0.3, 0.4) is 0 Å². The fourth-order valence-electron chi connectivity index (χ4n) is 2.58. The van der Waals surface area contributed by atoms with E-state index < -0.39 is 0 Å². The molecule has 0 aliphatic carbocycles. The molecule has 2 rings (SSSR count). The minimum absolute atomic E-state index is 0.0381. The first kappa shape index (κ1) is 14.8. The summed E-state index contributed by atoms with van der Waals surface area (Å²) in [6.45, 7) is 5.30. The first-order valence-electron chi connectivity index (χ1n) is 6.98. The summed E-state index contributed by atoms with van der Waals surface area (Å²) in [4.78, 5) is 14.6. The summed E-state index contributed by atoms with van der Waals surface area (Å²) in [5, 5.41) is 3.07. The monoisotopic (exact) mass is 372 g/mol. The van der Waals surface area contributed by atoms with Crippen LogP contribution in [-0.4, -0.2) is 36.5 Å². The summed E-state index contributed by atoms with van der Waals surface area (Å²) in [5.74, 6) is 0.0381. The Hall–Kier alpha value is -0.620. The number of likely N-dealkylation sites (tertiary alicyclic amines) is 1. The van der Waals surface area contributed by atoms with E-state index in [0.29, 0.717) is 6.04 Å². The molecular weight excluding hydrogens is 351 g/mol. The molecule has 1 N–H and O–H groups in total. The molecule has 19 heavy (non-hydrogen) atoms. The Kier molecular flexibility index (Phi) is 5.63. The highest BCUT2D eigenvalue weighted by Gasteiger charge is 2.20. The Morgan fingerprint density at radius 1 is 1.42 bits per heavy atom. The van der Waals surface area contributed by atoms with Crippen molar-refractivity contribution in [1.82, 2.24) is 10.2 Å². The van der Waals surface area contributed by atoms with Crippen molar-refractivity contribution in [3.05, 3.63) is 33.4 Å². The summed E-state index contributed by atoms with van der Waals surface area (Å²) >= 11 is 2.23. The van der Waals surface area contributed by atoms with Crippen LogP contribution in [0.25, 0.3) is 0 Å². The summed E-state index contributed by atoms with van der Waals surface area (Å²) in [6, 6.07) is 8.19. The number of benzene rings is 1. The maximum absolute atomic E-state index is 12.1. The molecule has 1 fully saturated rings. The van der Waals surface area contributed by atoms with Gasteiger partial charge in [-0.15, -0.1) is 0 Å². The topological polar surface area (TPSA) is 32.3 Å². The van der Waals surface area contributed by atoms with Crippen LogP contribution in [-0.2, 0) is 0 Å². The van der Waals surface area contributed by atoms with Gasteiger partial charge in [0.2, 0.25) is 0 Å².